The molecule has 4 heterocycles. The number of benzene rings is 1. The number of piperidine rings is 3. The van der Waals surface area contributed by atoms with Crippen LogP contribution in [0.25, 0.3) is 15.8 Å². The summed E-state index contributed by atoms with van der Waals surface area (Å²) in [5, 5.41) is 1.24. The number of hydrogen-bond donors (Lipinski definition) is 0. The molecule has 0 N–H and O–H groups in total. The molecule has 3 saturated heterocycles. The molecule has 0 aliphatic carbocycles. The van der Waals surface area contributed by atoms with Crippen LogP contribution in [0.2, 0.25) is 0 Å². The molecule has 110 valence electrons. The minimum atomic E-state index is 0.598. The minimum Gasteiger partial charge on any atom is -0.369 e. The van der Waals surface area contributed by atoms with E-state index in [1.54, 1.807) is 11.5 Å². The second-order valence-electron chi connectivity index (χ2n) is 6.29. The monoisotopic (exact) mass is 299 g/mol. The largest absolute Gasteiger partial charge is 0.369 e. The van der Waals surface area contributed by atoms with Gasteiger partial charge >= 0.3 is 0 Å². The van der Waals surface area contributed by atoms with Crippen LogP contribution >= 0.6 is 11.5 Å². The zero-order valence-corrected chi connectivity index (χ0v) is 13.3. The molecule has 0 amide bonds. The van der Waals surface area contributed by atoms with Crippen LogP contribution in [-0.4, -0.2) is 46.9 Å². The zero-order valence-electron chi connectivity index (χ0n) is 12.5. The Kier molecular flexibility index (Phi) is 3.23. The molecule has 1 aromatic heterocycles. The number of likely N-dealkylation sites (N-methyl/N-ethyl adjacent to an activating group) is 1. The summed E-state index contributed by atoms with van der Waals surface area (Å²) in [7, 11) is 2.20. The number of fused-ring (bicyclic) bond motifs is 4. The highest BCUT2D eigenvalue weighted by atomic mass is 32.1. The lowest BCUT2D eigenvalue weighted by Crippen LogP contribution is -2.55. The summed E-state index contributed by atoms with van der Waals surface area (Å²) >= 11 is 1.57. The van der Waals surface area contributed by atoms with E-state index in [1.807, 2.05) is 0 Å². The first-order valence-corrected chi connectivity index (χ1v) is 8.50. The van der Waals surface area contributed by atoms with Gasteiger partial charge in [-0.05, 0) is 49.4 Å². The Hall–Kier alpha value is -1.39. The topological polar surface area (TPSA) is 19.4 Å². The van der Waals surface area contributed by atoms with Gasteiger partial charge in [-0.1, -0.05) is 24.8 Å². The molecular weight excluding hydrogens is 278 g/mol. The molecule has 1 aromatic carbocycles. The summed E-state index contributed by atoms with van der Waals surface area (Å²) < 4.78 is 5.91. The van der Waals surface area contributed by atoms with Crippen LogP contribution in [0, 0.1) is 5.92 Å². The van der Waals surface area contributed by atoms with Crippen molar-refractivity contribution in [3.05, 3.63) is 36.5 Å². The molecule has 5 rings (SSSR count). The summed E-state index contributed by atoms with van der Waals surface area (Å²) in [5.74, 6) is 0.821. The molecule has 2 bridgehead atoms. The molecular formula is C17H21N3S. The molecule has 3 aliphatic heterocycles. The number of nitrogens with zero attached hydrogens (tertiary/aromatic N) is 3. The Morgan fingerprint density at radius 2 is 2.10 bits per heavy atom. The predicted molar refractivity (Wildman–Crippen MR) is 89.4 cm³/mol. The van der Waals surface area contributed by atoms with Crippen molar-refractivity contribution >= 4 is 27.3 Å². The van der Waals surface area contributed by atoms with E-state index in [4.69, 9.17) is 0 Å². The third kappa shape index (κ3) is 2.17. The summed E-state index contributed by atoms with van der Waals surface area (Å²) in [5.41, 5.74) is 2.14. The summed E-state index contributed by atoms with van der Waals surface area (Å²) in [6.45, 7) is 8.10. The maximum atomic E-state index is 4.66. The minimum absolute atomic E-state index is 0.598. The predicted octanol–water partition coefficient (Wildman–Crippen LogP) is 3.29. The Bertz CT molecular complexity index is 669. The third-order valence-corrected chi connectivity index (χ3v) is 6.02. The van der Waals surface area contributed by atoms with Crippen molar-refractivity contribution in [3.63, 3.8) is 0 Å². The molecule has 0 spiro atoms. The van der Waals surface area contributed by atoms with Crippen molar-refractivity contribution in [1.29, 1.82) is 0 Å². The van der Waals surface area contributed by atoms with Crippen LogP contribution < -0.4 is 0 Å². The first-order chi connectivity index (χ1) is 10.2. The molecule has 0 saturated carbocycles. The quantitative estimate of drug-likeness (QED) is 0.867. The highest BCUT2D eigenvalue weighted by Crippen LogP contribution is 2.35. The van der Waals surface area contributed by atoms with Crippen LogP contribution in [0.1, 0.15) is 18.5 Å². The van der Waals surface area contributed by atoms with Gasteiger partial charge in [0.2, 0.25) is 0 Å². The summed E-state index contributed by atoms with van der Waals surface area (Å²) in [6, 6.07) is 9.05. The molecule has 3 nitrogen and oxygen atoms in total. The fraction of sp³-hybridized carbons (Fsp3) is 0.471. The van der Waals surface area contributed by atoms with E-state index in [-0.39, 0.29) is 0 Å². The van der Waals surface area contributed by atoms with Crippen molar-refractivity contribution in [3.8, 4) is 0 Å². The van der Waals surface area contributed by atoms with Gasteiger partial charge < -0.3 is 9.80 Å². The van der Waals surface area contributed by atoms with Crippen molar-refractivity contribution in [2.24, 2.45) is 5.92 Å². The van der Waals surface area contributed by atoms with Gasteiger partial charge in [-0.15, -0.1) is 0 Å². The normalized spacial score (nSPS) is 28.0. The number of aromatic nitrogens is 1. The van der Waals surface area contributed by atoms with Crippen LogP contribution in [0.5, 0.6) is 0 Å². The second kappa shape index (κ2) is 5.11. The molecule has 21 heavy (non-hydrogen) atoms. The Balaban J connectivity index is 1.62. The lowest BCUT2D eigenvalue weighted by atomic mass is 9.83. The molecule has 3 aliphatic rings. The maximum absolute atomic E-state index is 4.66. The second-order valence-corrected chi connectivity index (χ2v) is 7.10. The van der Waals surface area contributed by atoms with Crippen molar-refractivity contribution < 1.29 is 0 Å². The van der Waals surface area contributed by atoms with E-state index in [0.29, 0.717) is 6.04 Å². The first kappa shape index (κ1) is 13.3. The van der Waals surface area contributed by atoms with Gasteiger partial charge in [0.25, 0.3) is 0 Å². The zero-order chi connectivity index (χ0) is 14.4. The van der Waals surface area contributed by atoms with Gasteiger partial charge in [-0.25, -0.2) is 0 Å². The van der Waals surface area contributed by atoms with Gasteiger partial charge in [0.05, 0.1) is 10.4 Å². The average Bonchev–Trinajstić information content (AvgIpc) is 2.98. The van der Waals surface area contributed by atoms with Gasteiger partial charge in [0, 0.05) is 25.0 Å². The molecule has 4 heteroatoms. The van der Waals surface area contributed by atoms with E-state index in [1.165, 1.54) is 42.6 Å². The van der Waals surface area contributed by atoms with E-state index in [2.05, 4.69) is 52.1 Å². The van der Waals surface area contributed by atoms with Crippen LogP contribution in [0.4, 0.5) is 0 Å². The van der Waals surface area contributed by atoms with Gasteiger partial charge in [0.1, 0.15) is 5.69 Å². The molecule has 1 atom stereocenters. The molecule has 2 aromatic rings. The smallest absolute Gasteiger partial charge is 0.107 e. The van der Waals surface area contributed by atoms with Crippen LogP contribution in [0.3, 0.4) is 0 Å². The lowest BCUT2D eigenvalue weighted by Gasteiger charge is -2.49. The van der Waals surface area contributed by atoms with E-state index in [0.717, 1.165) is 17.3 Å². The van der Waals surface area contributed by atoms with Crippen molar-refractivity contribution in [2.75, 3.05) is 26.7 Å². The highest BCUT2D eigenvalue weighted by Gasteiger charge is 2.37. The van der Waals surface area contributed by atoms with Crippen LogP contribution in [-0.2, 0) is 0 Å². The van der Waals surface area contributed by atoms with Gasteiger partial charge in [0.15, 0.2) is 0 Å². The van der Waals surface area contributed by atoms with Crippen LogP contribution in [0.15, 0.2) is 30.8 Å². The molecule has 0 radical (unpaired) electrons. The Labute approximate surface area is 130 Å². The Morgan fingerprint density at radius 3 is 2.81 bits per heavy atom. The lowest BCUT2D eigenvalue weighted by molar-refractivity contribution is 0.0388. The number of hydrogen-bond acceptors (Lipinski definition) is 4. The summed E-state index contributed by atoms with van der Waals surface area (Å²) in [4.78, 5) is 4.98. The molecule has 3 fully saturated rings. The summed E-state index contributed by atoms with van der Waals surface area (Å²) in [6.07, 6.45) is 2.67. The average molecular weight is 299 g/mol. The van der Waals surface area contributed by atoms with Gasteiger partial charge in [-0.2, -0.15) is 4.37 Å². The van der Waals surface area contributed by atoms with Crippen molar-refractivity contribution in [1.82, 2.24) is 14.2 Å². The maximum Gasteiger partial charge on any atom is 0.107 e. The van der Waals surface area contributed by atoms with E-state index < -0.39 is 0 Å². The van der Waals surface area contributed by atoms with E-state index in [9.17, 15) is 0 Å². The highest BCUT2D eigenvalue weighted by molar-refractivity contribution is 7.13. The van der Waals surface area contributed by atoms with Gasteiger partial charge in [-0.3, -0.25) is 0 Å². The fourth-order valence-electron chi connectivity index (χ4n) is 3.83. The Morgan fingerprint density at radius 1 is 1.33 bits per heavy atom. The standard InChI is InChI=1S/C17H21N3S/c1-12(17-14-5-3-4-6-16(14)21-18-17)19(2)15-11-20-9-7-13(15)8-10-20/h3-6,13,15H,1,7-11H2,2H3. The SMILES string of the molecule is C=C(c1nsc2ccccc12)N(C)C1CN2CCC1CC2. The fourth-order valence-corrected chi connectivity index (χ4v) is 4.63. The molecule has 1 unspecified atom stereocenters. The third-order valence-electron chi connectivity index (χ3n) is 5.20. The van der Waals surface area contributed by atoms with Crippen molar-refractivity contribution in [2.45, 2.75) is 18.9 Å². The number of rotatable bonds is 3. The van der Waals surface area contributed by atoms with E-state index >= 15 is 0 Å². The first-order valence-electron chi connectivity index (χ1n) is 7.73.